The molecule has 0 saturated heterocycles. The predicted molar refractivity (Wildman–Crippen MR) is 99.6 cm³/mol. The lowest BCUT2D eigenvalue weighted by Gasteiger charge is -2.20. The van der Waals surface area contributed by atoms with Crippen molar-refractivity contribution < 1.29 is 9.72 Å². The van der Waals surface area contributed by atoms with Crippen LogP contribution in [-0.4, -0.2) is 27.3 Å². The Kier molecular flexibility index (Phi) is 5.22. The second-order valence-corrected chi connectivity index (χ2v) is 5.97. The van der Waals surface area contributed by atoms with E-state index in [-0.39, 0.29) is 18.0 Å². The van der Waals surface area contributed by atoms with Gasteiger partial charge in [0.15, 0.2) is 0 Å². The van der Waals surface area contributed by atoms with E-state index in [0.29, 0.717) is 18.7 Å². The molecule has 3 rings (SSSR count). The van der Waals surface area contributed by atoms with Crippen molar-refractivity contribution in [2.45, 2.75) is 19.9 Å². The van der Waals surface area contributed by atoms with Crippen LogP contribution in [0.3, 0.4) is 0 Å². The van der Waals surface area contributed by atoms with Gasteiger partial charge in [-0.25, -0.2) is 0 Å². The Morgan fingerprint density at radius 1 is 1.08 bits per heavy atom. The Hall–Kier alpha value is -3.28. The highest BCUT2D eigenvalue weighted by molar-refractivity contribution is 5.80. The van der Waals surface area contributed by atoms with Gasteiger partial charge in [-0.3, -0.25) is 19.9 Å². The van der Waals surface area contributed by atoms with Crippen LogP contribution in [0.5, 0.6) is 0 Å². The molecule has 0 N–H and O–H groups in total. The number of nitro benzene ring substituents is 1. The number of likely N-dealkylation sites (N-methyl/N-ethyl adjacent to an activating group) is 1. The Bertz CT molecular complexity index is 956. The van der Waals surface area contributed by atoms with Crippen LogP contribution in [0, 0.1) is 10.1 Å². The zero-order valence-corrected chi connectivity index (χ0v) is 14.5. The quantitative estimate of drug-likeness (QED) is 0.502. The molecular formula is C20H19N3O3. The van der Waals surface area contributed by atoms with Gasteiger partial charge in [0.1, 0.15) is 0 Å². The molecule has 0 bridgehead atoms. The number of fused-ring (bicyclic) bond motifs is 1. The third kappa shape index (κ3) is 3.85. The van der Waals surface area contributed by atoms with Crippen LogP contribution in [0.1, 0.15) is 18.2 Å². The van der Waals surface area contributed by atoms with Crippen molar-refractivity contribution in [3.63, 3.8) is 0 Å². The minimum absolute atomic E-state index is 0.00141. The molecular weight excluding hydrogens is 330 g/mol. The highest BCUT2D eigenvalue weighted by atomic mass is 16.6. The summed E-state index contributed by atoms with van der Waals surface area (Å²) < 4.78 is 0. The van der Waals surface area contributed by atoms with E-state index in [1.54, 1.807) is 23.1 Å². The molecule has 0 saturated carbocycles. The number of nitrogens with zero attached hydrogens (tertiary/aromatic N) is 3. The molecule has 0 aliphatic rings. The van der Waals surface area contributed by atoms with Crippen molar-refractivity contribution in [2.24, 2.45) is 0 Å². The molecule has 6 nitrogen and oxygen atoms in total. The number of amides is 1. The SMILES string of the molecule is CCN(Cc1ccc2ccccc2n1)C(=O)Cc1ccccc1[N+](=O)[O-]. The first kappa shape index (κ1) is 17.5. The van der Waals surface area contributed by atoms with Crippen LogP contribution < -0.4 is 0 Å². The summed E-state index contributed by atoms with van der Waals surface area (Å²) in [5.74, 6) is -0.156. The third-order valence-electron chi connectivity index (χ3n) is 4.27. The number of nitro groups is 1. The summed E-state index contributed by atoms with van der Waals surface area (Å²) >= 11 is 0. The molecule has 3 aromatic rings. The van der Waals surface area contributed by atoms with Gasteiger partial charge in [0, 0.05) is 23.6 Å². The Morgan fingerprint density at radius 3 is 2.58 bits per heavy atom. The first-order valence-corrected chi connectivity index (χ1v) is 8.43. The molecule has 1 heterocycles. The molecule has 132 valence electrons. The standard InChI is InChI=1S/C20H19N3O3/c1-2-22(14-17-12-11-15-7-3-5-9-18(15)21-17)20(24)13-16-8-4-6-10-19(16)23(25)26/h3-12H,2,13-14H2,1H3. The molecule has 1 aromatic heterocycles. The van der Waals surface area contributed by atoms with Gasteiger partial charge in [0.2, 0.25) is 5.91 Å². The first-order chi connectivity index (χ1) is 12.6. The second kappa shape index (κ2) is 7.74. The van der Waals surface area contributed by atoms with E-state index in [9.17, 15) is 14.9 Å². The first-order valence-electron chi connectivity index (χ1n) is 8.43. The summed E-state index contributed by atoms with van der Waals surface area (Å²) in [6.45, 7) is 2.77. The lowest BCUT2D eigenvalue weighted by molar-refractivity contribution is -0.385. The van der Waals surface area contributed by atoms with Gasteiger partial charge < -0.3 is 4.90 Å². The summed E-state index contributed by atoms with van der Waals surface area (Å²) in [5.41, 5.74) is 2.07. The molecule has 0 atom stereocenters. The van der Waals surface area contributed by atoms with Crippen molar-refractivity contribution >= 4 is 22.5 Å². The van der Waals surface area contributed by atoms with E-state index >= 15 is 0 Å². The van der Waals surface area contributed by atoms with E-state index in [0.717, 1.165) is 16.6 Å². The zero-order valence-electron chi connectivity index (χ0n) is 14.5. The van der Waals surface area contributed by atoms with Gasteiger partial charge >= 0.3 is 0 Å². The van der Waals surface area contributed by atoms with Crippen LogP contribution in [0.15, 0.2) is 60.7 Å². The highest BCUT2D eigenvalue weighted by Crippen LogP contribution is 2.19. The van der Waals surface area contributed by atoms with Gasteiger partial charge in [0.05, 0.1) is 29.1 Å². The van der Waals surface area contributed by atoms with Gasteiger partial charge in [0.25, 0.3) is 5.69 Å². The molecule has 0 aliphatic carbocycles. The number of pyridine rings is 1. The average Bonchev–Trinajstić information content (AvgIpc) is 2.66. The largest absolute Gasteiger partial charge is 0.337 e. The lowest BCUT2D eigenvalue weighted by atomic mass is 10.1. The van der Waals surface area contributed by atoms with E-state index in [1.165, 1.54) is 6.07 Å². The number of hydrogen-bond acceptors (Lipinski definition) is 4. The normalized spacial score (nSPS) is 10.7. The molecule has 0 unspecified atom stereocenters. The summed E-state index contributed by atoms with van der Waals surface area (Å²) in [5, 5.41) is 12.2. The van der Waals surface area contributed by atoms with Crippen LogP contribution in [-0.2, 0) is 17.8 Å². The van der Waals surface area contributed by atoms with Crippen LogP contribution in [0.4, 0.5) is 5.69 Å². The Morgan fingerprint density at radius 2 is 1.81 bits per heavy atom. The fourth-order valence-corrected chi connectivity index (χ4v) is 2.88. The van der Waals surface area contributed by atoms with Crippen LogP contribution >= 0.6 is 0 Å². The maximum Gasteiger partial charge on any atom is 0.273 e. The maximum absolute atomic E-state index is 12.7. The van der Waals surface area contributed by atoms with Crippen LogP contribution in [0.25, 0.3) is 10.9 Å². The molecule has 0 radical (unpaired) electrons. The number of aromatic nitrogens is 1. The third-order valence-corrected chi connectivity index (χ3v) is 4.27. The second-order valence-electron chi connectivity index (χ2n) is 5.97. The van der Waals surface area contributed by atoms with Crippen molar-refractivity contribution in [1.82, 2.24) is 9.88 Å². The fraction of sp³-hybridized carbons (Fsp3) is 0.200. The highest BCUT2D eigenvalue weighted by Gasteiger charge is 2.19. The van der Waals surface area contributed by atoms with Crippen molar-refractivity contribution in [3.8, 4) is 0 Å². The molecule has 0 aliphatic heterocycles. The smallest absolute Gasteiger partial charge is 0.273 e. The average molecular weight is 349 g/mol. The van der Waals surface area contributed by atoms with E-state index in [1.807, 2.05) is 43.3 Å². The molecule has 1 amide bonds. The molecule has 2 aromatic carbocycles. The number of rotatable bonds is 6. The van der Waals surface area contributed by atoms with E-state index in [4.69, 9.17) is 0 Å². The zero-order chi connectivity index (χ0) is 18.5. The molecule has 26 heavy (non-hydrogen) atoms. The van der Waals surface area contributed by atoms with Crippen LogP contribution in [0.2, 0.25) is 0 Å². The summed E-state index contributed by atoms with van der Waals surface area (Å²) in [6.07, 6.45) is -0.00141. The van der Waals surface area contributed by atoms with E-state index < -0.39 is 4.92 Å². The number of hydrogen-bond donors (Lipinski definition) is 0. The molecule has 0 spiro atoms. The number of benzene rings is 2. The lowest BCUT2D eigenvalue weighted by Crippen LogP contribution is -2.32. The Balaban J connectivity index is 1.77. The summed E-state index contributed by atoms with van der Waals surface area (Å²) in [6, 6.07) is 18.0. The van der Waals surface area contributed by atoms with Crippen molar-refractivity contribution in [1.29, 1.82) is 0 Å². The topological polar surface area (TPSA) is 76.3 Å². The minimum Gasteiger partial charge on any atom is -0.337 e. The monoisotopic (exact) mass is 349 g/mol. The maximum atomic E-state index is 12.7. The minimum atomic E-state index is -0.455. The van der Waals surface area contributed by atoms with Gasteiger partial charge in [-0.05, 0) is 19.1 Å². The van der Waals surface area contributed by atoms with Crippen molar-refractivity contribution in [3.05, 3.63) is 82.0 Å². The van der Waals surface area contributed by atoms with Gasteiger partial charge in [-0.2, -0.15) is 0 Å². The number of carbonyl (C=O) groups is 1. The summed E-state index contributed by atoms with van der Waals surface area (Å²) in [4.78, 5) is 29.6. The molecule has 0 fully saturated rings. The Labute approximate surface area is 151 Å². The van der Waals surface area contributed by atoms with E-state index in [2.05, 4.69) is 4.98 Å². The fourth-order valence-electron chi connectivity index (χ4n) is 2.88. The number of para-hydroxylation sites is 2. The van der Waals surface area contributed by atoms with Gasteiger partial charge in [-0.1, -0.05) is 42.5 Å². The van der Waals surface area contributed by atoms with Crippen molar-refractivity contribution in [2.75, 3.05) is 6.54 Å². The number of carbonyl (C=O) groups excluding carboxylic acids is 1. The summed E-state index contributed by atoms with van der Waals surface area (Å²) in [7, 11) is 0. The van der Waals surface area contributed by atoms with Gasteiger partial charge in [-0.15, -0.1) is 0 Å². The predicted octanol–water partition coefficient (Wildman–Crippen LogP) is 3.73. The molecule has 6 heteroatoms.